The van der Waals surface area contributed by atoms with Gasteiger partial charge in [0.05, 0.1) is 0 Å². The molecule has 0 atom stereocenters. The second kappa shape index (κ2) is 7.08. The number of fused-ring (bicyclic) bond motifs is 1. The number of nitrogens with one attached hydrogen (secondary N) is 1. The molecule has 2 aromatic carbocycles. The topological polar surface area (TPSA) is 51.1 Å². The lowest BCUT2D eigenvalue weighted by molar-refractivity contribution is -0.116. The molecule has 0 radical (unpaired) electrons. The molecule has 5 heteroatoms. The van der Waals surface area contributed by atoms with Crippen molar-refractivity contribution in [2.75, 3.05) is 5.32 Å². The Balaban J connectivity index is 1.87. The summed E-state index contributed by atoms with van der Waals surface area (Å²) in [6, 6.07) is 12.4. The number of hydrogen-bond acceptors (Lipinski definition) is 2. The fourth-order valence-corrected chi connectivity index (χ4v) is 3.74. The third-order valence-corrected chi connectivity index (χ3v) is 5.21. The van der Waals surface area contributed by atoms with Crippen molar-refractivity contribution in [2.24, 2.45) is 7.05 Å². The molecule has 142 valence electrons. The quantitative estimate of drug-likeness (QED) is 0.752. The number of rotatable bonds is 3. The predicted molar refractivity (Wildman–Crippen MR) is 108 cm³/mol. The van der Waals surface area contributed by atoms with Crippen LogP contribution in [0.1, 0.15) is 28.7 Å². The van der Waals surface area contributed by atoms with Crippen LogP contribution in [0.5, 0.6) is 0 Å². The number of carbonyl (C=O) groups excluding carboxylic acids is 1. The Morgan fingerprint density at radius 1 is 1.07 bits per heavy atom. The summed E-state index contributed by atoms with van der Waals surface area (Å²) in [4.78, 5) is 23.9. The smallest absolute Gasteiger partial charge is 0.253 e. The van der Waals surface area contributed by atoms with Crippen LogP contribution in [-0.2, 0) is 24.7 Å². The average Bonchev–Trinajstić information content (AvgIpc) is 2.67. The van der Waals surface area contributed by atoms with Gasteiger partial charge in [-0.3, -0.25) is 9.59 Å². The van der Waals surface area contributed by atoms with Crippen LogP contribution in [0, 0.1) is 12.7 Å². The van der Waals surface area contributed by atoms with Crippen LogP contribution in [-0.4, -0.2) is 10.5 Å². The van der Waals surface area contributed by atoms with Gasteiger partial charge in [0.25, 0.3) is 5.56 Å². The third kappa shape index (κ3) is 3.48. The van der Waals surface area contributed by atoms with Crippen LogP contribution in [0.2, 0.25) is 0 Å². The monoisotopic (exact) mass is 376 g/mol. The molecule has 0 unspecified atom stereocenters. The van der Waals surface area contributed by atoms with E-state index < -0.39 is 0 Å². The van der Waals surface area contributed by atoms with E-state index >= 15 is 0 Å². The van der Waals surface area contributed by atoms with E-state index in [1.165, 1.54) is 12.1 Å². The first-order valence-electron chi connectivity index (χ1n) is 9.28. The fraction of sp³-hybridized carbons (Fsp3) is 0.217. The lowest BCUT2D eigenvalue weighted by Crippen LogP contribution is -2.20. The first-order chi connectivity index (χ1) is 13.4. The molecular weight excluding hydrogens is 355 g/mol. The summed E-state index contributed by atoms with van der Waals surface area (Å²) in [6.07, 6.45) is 3.60. The summed E-state index contributed by atoms with van der Waals surface area (Å²) in [5.74, 6) is -0.249. The molecule has 4 rings (SSSR count). The van der Waals surface area contributed by atoms with E-state index in [2.05, 4.69) is 11.4 Å². The molecule has 1 aromatic heterocycles. The molecule has 3 aromatic rings. The molecule has 0 aliphatic carbocycles. The van der Waals surface area contributed by atoms with Gasteiger partial charge in [-0.05, 0) is 77.9 Å². The van der Waals surface area contributed by atoms with Crippen LogP contribution in [0.3, 0.4) is 0 Å². The van der Waals surface area contributed by atoms with Crippen LogP contribution in [0.4, 0.5) is 10.1 Å². The van der Waals surface area contributed by atoms with Gasteiger partial charge in [-0.2, -0.15) is 0 Å². The van der Waals surface area contributed by atoms with Crippen molar-refractivity contribution in [3.8, 4) is 11.1 Å². The highest BCUT2D eigenvalue weighted by molar-refractivity contribution is 5.94. The largest absolute Gasteiger partial charge is 0.326 e. The molecular formula is C23H21FN2O2. The maximum atomic E-state index is 13.3. The van der Waals surface area contributed by atoms with Crippen LogP contribution in [0.25, 0.3) is 11.1 Å². The van der Waals surface area contributed by atoms with Gasteiger partial charge in [0.2, 0.25) is 5.91 Å². The normalized spacial score (nSPS) is 13.2. The van der Waals surface area contributed by atoms with E-state index in [9.17, 15) is 14.0 Å². The van der Waals surface area contributed by atoms with Gasteiger partial charge in [0.15, 0.2) is 0 Å². The lowest BCUT2D eigenvalue weighted by atomic mass is 9.90. The van der Waals surface area contributed by atoms with E-state index in [1.807, 2.05) is 25.3 Å². The molecule has 0 bridgehead atoms. The first-order valence-corrected chi connectivity index (χ1v) is 9.28. The Bertz CT molecular complexity index is 1100. The number of halogens is 1. The Kier molecular flexibility index (Phi) is 4.59. The maximum absolute atomic E-state index is 13.3. The highest BCUT2D eigenvalue weighted by Gasteiger charge is 2.19. The summed E-state index contributed by atoms with van der Waals surface area (Å²) in [6.45, 7) is 1.81. The second-order valence-corrected chi connectivity index (χ2v) is 7.35. The number of anilines is 1. The van der Waals surface area contributed by atoms with Crippen LogP contribution >= 0.6 is 0 Å². The molecule has 1 aliphatic heterocycles. The van der Waals surface area contributed by atoms with E-state index in [0.717, 1.165) is 33.5 Å². The number of carbonyl (C=O) groups is 1. The molecule has 0 saturated heterocycles. The van der Waals surface area contributed by atoms with Gasteiger partial charge in [0.1, 0.15) is 5.82 Å². The molecule has 1 N–H and O–H groups in total. The highest BCUT2D eigenvalue weighted by Crippen LogP contribution is 2.33. The summed E-state index contributed by atoms with van der Waals surface area (Å²) in [5, 5.41) is 2.95. The van der Waals surface area contributed by atoms with Gasteiger partial charge < -0.3 is 9.88 Å². The Morgan fingerprint density at radius 2 is 1.82 bits per heavy atom. The zero-order valence-electron chi connectivity index (χ0n) is 15.9. The lowest BCUT2D eigenvalue weighted by Gasteiger charge is -2.21. The number of benzene rings is 2. The van der Waals surface area contributed by atoms with Crippen molar-refractivity contribution in [2.45, 2.75) is 26.2 Å². The van der Waals surface area contributed by atoms with Crippen molar-refractivity contribution in [1.82, 2.24) is 4.57 Å². The van der Waals surface area contributed by atoms with E-state index in [4.69, 9.17) is 0 Å². The second-order valence-electron chi connectivity index (χ2n) is 7.35. The van der Waals surface area contributed by atoms with E-state index in [-0.39, 0.29) is 17.3 Å². The standard InChI is InChI=1S/C23H21FN2O2/c1-14-9-18(13-26(2)23(14)28)20-11-16-5-8-22(27)25-21(16)12-17(20)10-15-3-6-19(24)7-4-15/h3-4,6-7,9,11-13H,5,8,10H2,1-2H3,(H,25,27). The van der Waals surface area contributed by atoms with Gasteiger partial charge in [-0.25, -0.2) is 4.39 Å². The zero-order valence-corrected chi connectivity index (χ0v) is 15.9. The Morgan fingerprint density at radius 3 is 2.54 bits per heavy atom. The minimum Gasteiger partial charge on any atom is -0.326 e. The number of pyridine rings is 1. The minimum atomic E-state index is -0.268. The minimum absolute atomic E-state index is 0.0194. The van der Waals surface area contributed by atoms with Crippen LogP contribution in [0.15, 0.2) is 53.5 Å². The summed E-state index contributed by atoms with van der Waals surface area (Å²) in [7, 11) is 1.75. The fourth-order valence-electron chi connectivity index (χ4n) is 3.74. The Labute approximate surface area is 162 Å². The van der Waals surface area contributed by atoms with Gasteiger partial charge in [-0.1, -0.05) is 12.1 Å². The summed E-state index contributed by atoms with van der Waals surface area (Å²) in [5.41, 5.74) is 6.56. The molecule has 1 aliphatic rings. The zero-order chi connectivity index (χ0) is 19.8. The molecule has 1 amide bonds. The number of aryl methyl sites for hydroxylation is 3. The van der Waals surface area contributed by atoms with Gasteiger partial charge >= 0.3 is 0 Å². The molecule has 4 nitrogen and oxygen atoms in total. The number of amides is 1. The molecule has 0 spiro atoms. The van der Waals surface area contributed by atoms with Crippen molar-refractivity contribution < 1.29 is 9.18 Å². The summed E-state index contributed by atoms with van der Waals surface area (Å²) >= 11 is 0. The predicted octanol–water partition coefficient (Wildman–Crippen LogP) is 3.98. The molecule has 0 fully saturated rings. The Hall–Kier alpha value is -3.21. The maximum Gasteiger partial charge on any atom is 0.253 e. The first kappa shape index (κ1) is 18.2. The summed E-state index contributed by atoms with van der Waals surface area (Å²) < 4.78 is 14.9. The van der Waals surface area contributed by atoms with Crippen molar-refractivity contribution in [3.63, 3.8) is 0 Å². The van der Waals surface area contributed by atoms with Gasteiger partial charge in [0, 0.05) is 30.9 Å². The number of hydrogen-bond donors (Lipinski definition) is 1. The van der Waals surface area contributed by atoms with E-state index in [1.54, 1.807) is 23.7 Å². The van der Waals surface area contributed by atoms with E-state index in [0.29, 0.717) is 24.8 Å². The molecule has 0 saturated carbocycles. The van der Waals surface area contributed by atoms with Crippen molar-refractivity contribution >= 4 is 11.6 Å². The molecule has 2 heterocycles. The molecule has 28 heavy (non-hydrogen) atoms. The third-order valence-electron chi connectivity index (χ3n) is 5.21. The number of nitrogens with zero attached hydrogens (tertiary/aromatic N) is 1. The highest BCUT2D eigenvalue weighted by atomic mass is 19.1. The van der Waals surface area contributed by atoms with Gasteiger partial charge in [-0.15, -0.1) is 0 Å². The van der Waals surface area contributed by atoms with Crippen molar-refractivity contribution in [1.29, 1.82) is 0 Å². The van der Waals surface area contributed by atoms with Crippen LogP contribution < -0.4 is 10.9 Å². The SMILES string of the molecule is Cc1cc(-c2cc3c(cc2Cc2ccc(F)cc2)NC(=O)CC3)cn(C)c1=O. The number of aromatic nitrogens is 1. The average molecular weight is 376 g/mol. The van der Waals surface area contributed by atoms with Crippen molar-refractivity contribution in [3.05, 3.63) is 87.1 Å².